The van der Waals surface area contributed by atoms with Crippen LogP contribution in [0, 0.1) is 5.92 Å². The van der Waals surface area contributed by atoms with Crippen molar-refractivity contribution in [1.29, 1.82) is 0 Å². The number of nitrogens with zero attached hydrogens (tertiary/aromatic N) is 2. The molecule has 1 aliphatic rings. The zero-order chi connectivity index (χ0) is 18.4. The van der Waals surface area contributed by atoms with Gasteiger partial charge in [-0.2, -0.15) is 0 Å². The molecule has 138 valence electrons. The molecule has 1 aromatic heterocycles. The summed E-state index contributed by atoms with van der Waals surface area (Å²) < 4.78 is 5.37. The molecular weight excluding hydrogens is 326 g/mol. The molecule has 5 nitrogen and oxygen atoms in total. The summed E-state index contributed by atoms with van der Waals surface area (Å²) in [7, 11) is 0. The molecule has 26 heavy (non-hydrogen) atoms. The first kappa shape index (κ1) is 18.4. The number of ether oxygens (including phenoxy) is 1. The van der Waals surface area contributed by atoms with E-state index in [4.69, 9.17) is 4.74 Å². The van der Waals surface area contributed by atoms with Crippen molar-refractivity contribution in [3.05, 3.63) is 54.2 Å². The van der Waals surface area contributed by atoms with E-state index in [2.05, 4.69) is 29.0 Å². The maximum absolute atomic E-state index is 12.9. The third-order valence-corrected chi connectivity index (χ3v) is 5.00. The van der Waals surface area contributed by atoms with Gasteiger partial charge in [-0.05, 0) is 23.6 Å². The average Bonchev–Trinajstić information content (AvgIpc) is 2.70. The second-order valence-electron chi connectivity index (χ2n) is 6.77. The molecule has 5 heteroatoms. The summed E-state index contributed by atoms with van der Waals surface area (Å²) in [5.41, 5.74) is 1.79. The molecule has 1 aromatic carbocycles. The number of nitrogens with one attached hydrogen (secondary N) is 1. The van der Waals surface area contributed by atoms with E-state index in [-0.39, 0.29) is 17.7 Å². The molecule has 1 N–H and O–H groups in total. The molecule has 2 atom stereocenters. The molecular formula is C21H27N3O2. The number of benzene rings is 1. The Morgan fingerprint density at radius 2 is 1.92 bits per heavy atom. The molecule has 0 aliphatic carbocycles. The Labute approximate surface area is 155 Å². The maximum atomic E-state index is 12.9. The van der Waals surface area contributed by atoms with Crippen LogP contribution in [0.2, 0.25) is 0 Å². The van der Waals surface area contributed by atoms with Gasteiger partial charge < -0.3 is 15.0 Å². The summed E-state index contributed by atoms with van der Waals surface area (Å²) in [6.45, 7) is 7.40. The minimum Gasteiger partial charge on any atom is -0.378 e. The van der Waals surface area contributed by atoms with E-state index in [1.165, 1.54) is 0 Å². The van der Waals surface area contributed by atoms with Gasteiger partial charge in [0.25, 0.3) is 0 Å². The third-order valence-electron chi connectivity index (χ3n) is 5.00. The fourth-order valence-electron chi connectivity index (χ4n) is 3.29. The number of hydrogen-bond acceptors (Lipinski definition) is 4. The lowest BCUT2D eigenvalue weighted by Gasteiger charge is -2.28. The molecule has 0 bridgehead atoms. The van der Waals surface area contributed by atoms with Crippen LogP contribution in [-0.2, 0) is 9.53 Å². The summed E-state index contributed by atoms with van der Waals surface area (Å²) >= 11 is 0. The van der Waals surface area contributed by atoms with Crippen LogP contribution in [-0.4, -0.2) is 37.2 Å². The van der Waals surface area contributed by atoms with Gasteiger partial charge in [0.1, 0.15) is 5.82 Å². The Morgan fingerprint density at radius 1 is 1.19 bits per heavy atom. The van der Waals surface area contributed by atoms with Gasteiger partial charge in [-0.3, -0.25) is 4.79 Å². The summed E-state index contributed by atoms with van der Waals surface area (Å²) in [4.78, 5) is 19.6. The molecule has 0 unspecified atom stereocenters. The van der Waals surface area contributed by atoms with Crippen LogP contribution in [0.15, 0.2) is 48.7 Å². The topological polar surface area (TPSA) is 54.5 Å². The fourth-order valence-corrected chi connectivity index (χ4v) is 3.29. The molecule has 0 radical (unpaired) electrons. The van der Waals surface area contributed by atoms with E-state index < -0.39 is 0 Å². The fraction of sp³-hybridized carbons (Fsp3) is 0.429. The largest absolute Gasteiger partial charge is 0.378 e. The molecule has 2 aromatic rings. The molecule has 3 rings (SSSR count). The van der Waals surface area contributed by atoms with Crippen molar-refractivity contribution in [3.63, 3.8) is 0 Å². The van der Waals surface area contributed by atoms with E-state index in [9.17, 15) is 4.79 Å². The van der Waals surface area contributed by atoms with Crippen molar-refractivity contribution in [2.24, 2.45) is 5.92 Å². The van der Waals surface area contributed by atoms with Gasteiger partial charge in [-0.15, -0.1) is 0 Å². The predicted molar refractivity (Wildman–Crippen MR) is 105 cm³/mol. The van der Waals surface area contributed by atoms with Crippen LogP contribution in [0.5, 0.6) is 0 Å². The van der Waals surface area contributed by atoms with Gasteiger partial charge in [0.15, 0.2) is 0 Å². The second kappa shape index (κ2) is 8.81. The highest BCUT2D eigenvalue weighted by molar-refractivity contribution is 5.96. The molecule has 2 heterocycles. The summed E-state index contributed by atoms with van der Waals surface area (Å²) in [6, 6.07) is 13.9. The van der Waals surface area contributed by atoms with Crippen LogP contribution in [0.4, 0.5) is 11.5 Å². The quantitative estimate of drug-likeness (QED) is 0.861. The van der Waals surface area contributed by atoms with Gasteiger partial charge >= 0.3 is 0 Å². The highest BCUT2D eigenvalue weighted by Gasteiger charge is 2.26. The van der Waals surface area contributed by atoms with Gasteiger partial charge in [-0.1, -0.05) is 50.6 Å². The molecule has 1 amide bonds. The van der Waals surface area contributed by atoms with Crippen molar-refractivity contribution in [2.45, 2.75) is 26.2 Å². The Bertz CT molecular complexity index is 697. The van der Waals surface area contributed by atoms with E-state index in [0.717, 1.165) is 49.8 Å². The van der Waals surface area contributed by atoms with E-state index in [0.29, 0.717) is 0 Å². The van der Waals surface area contributed by atoms with Crippen molar-refractivity contribution < 1.29 is 9.53 Å². The number of aromatic nitrogens is 1. The molecule has 0 saturated carbocycles. The van der Waals surface area contributed by atoms with E-state index >= 15 is 0 Å². The van der Waals surface area contributed by atoms with Crippen LogP contribution in [0.1, 0.15) is 31.7 Å². The Morgan fingerprint density at radius 3 is 2.54 bits per heavy atom. The zero-order valence-corrected chi connectivity index (χ0v) is 15.5. The highest BCUT2D eigenvalue weighted by atomic mass is 16.5. The monoisotopic (exact) mass is 353 g/mol. The first-order valence-corrected chi connectivity index (χ1v) is 9.33. The first-order valence-electron chi connectivity index (χ1n) is 9.33. The summed E-state index contributed by atoms with van der Waals surface area (Å²) in [5, 5.41) is 3.04. The van der Waals surface area contributed by atoms with Gasteiger partial charge in [0, 0.05) is 13.1 Å². The second-order valence-corrected chi connectivity index (χ2v) is 6.77. The minimum absolute atomic E-state index is 0.0199. The minimum atomic E-state index is -0.167. The van der Waals surface area contributed by atoms with Crippen molar-refractivity contribution in [2.75, 3.05) is 36.5 Å². The smallest absolute Gasteiger partial charge is 0.232 e. The lowest BCUT2D eigenvalue weighted by molar-refractivity contribution is -0.118. The summed E-state index contributed by atoms with van der Waals surface area (Å²) in [6.07, 6.45) is 2.68. The number of anilines is 2. The van der Waals surface area contributed by atoms with E-state index in [1.54, 1.807) is 6.20 Å². The maximum Gasteiger partial charge on any atom is 0.232 e. The number of amides is 1. The van der Waals surface area contributed by atoms with E-state index in [1.807, 2.05) is 42.5 Å². The van der Waals surface area contributed by atoms with Crippen LogP contribution >= 0.6 is 0 Å². The predicted octanol–water partition coefficient (Wildman–Crippen LogP) is 3.69. The number of carbonyl (C=O) groups is 1. The number of morpholine rings is 1. The Hall–Kier alpha value is -2.40. The first-order chi connectivity index (χ1) is 12.7. The lowest BCUT2D eigenvalue weighted by Crippen LogP contribution is -2.36. The molecule has 1 saturated heterocycles. The standard InChI is InChI=1S/C21H27N3O2/c1-3-16(2)20(17-7-5-4-6-8-17)21(25)23-18-9-10-19(22-15-18)24-11-13-26-14-12-24/h4-10,15-16,20H,3,11-14H2,1-2H3,(H,23,25)/t16-,20+/m1/s1. The van der Waals surface area contributed by atoms with Crippen molar-refractivity contribution >= 4 is 17.4 Å². The highest BCUT2D eigenvalue weighted by Crippen LogP contribution is 2.28. The van der Waals surface area contributed by atoms with Gasteiger partial charge in [0.2, 0.25) is 5.91 Å². The zero-order valence-electron chi connectivity index (χ0n) is 15.5. The molecule has 0 spiro atoms. The van der Waals surface area contributed by atoms with Crippen molar-refractivity contribution in [1.82, 2.24) is 4.98 Å². The normalized spacial score (nSPS) is 16.8. The number of rotatable bonds is 6. The van der Waals surface area contributed by atoms with Crippen molar-refractivity contribution in [3.8, 4) is 0 Å². The molecule has 1 fully saturated rings. The van der Waals surface area contributed by atoms with Crippen LogP contribution < -0.4 is 10.2 Å². The number of pyridine rings is 1. The van der Waals surface area contributed by atoms with Gasteiger partial charge in [0.05, 0.1) is 31.0 Å². The Kier molecular flexibility index (Phi) is 6.23. The van der Waals surface area contributed by atoms with Crippen LogP contribution in [0.25, 0.3) is 0 Å². The average molecular weight is 353 g/mol. The van der Waals surface area contributed by atoms with Gasteiger partial charge in [-0.25, -0.2) is 4.98 Å². The van der Waals surface area contributed by atoms with Crippen LogP contribution in [0.3, 0.4) is 0 Å². The number of hydrogen-bond donors (Lipinski definition) is 1. The third kappa shape index (κ3) is 4.41. The number of carbonyl (C=O) groups excluding carboxylic acids is 1. The molecule has 1 aliphatic heterocycles. The summed E-state index contributed by atoms with van der Waals surface area (Å²) in [5.74, 6) is 1.04. The Balaban J connectivity index is 1.70. The SMILES string of the molecule is CC[C@@H](C)[C@H](C(=O)Nc1ccc(N2CCOCC2)nc1)c1ccccc1. The lowest BCUT2D eigenvalue weighted by atomic mass is 9.85.